The second kappa shape index (κ2) is 8.86. The van der Waals surface area contributed by atoms with E-state index in [9.17, 15) is 15.0 Å². The third-order valence-corrected chi connectivity index (χ3v) is 5.57. The van der Waals surface area contributed by atoms with Gasteiger partial charge in [-0.3, -0.25) is 4.79 Å². The zero-order valence-corrected chi connectivity index (χ0v) is 16.4. The van der Waals surface area contributed by atoms with Gasteiger partial charge in [0.2, 0.25) is 0 Å². The quantitative estimate of drug-likeness (QED) is 0.650. The van der Waals surface area contributed by atoms with E-state index in [0.29, 0.717) is 5.56 Å². The number of carbonyl (C=O) groups is 1. The summed E-state index contributed by atoms with van der Waals surface area (Å²) in [7, 11) is 1.60. The summed E-state index contributed by atoms with van der Waals surface area (Å²) in [6.07, 6.45) is -3.25. The van der Waals surface area contributed by atoms with E-state index in [0.717, 1.165) is 0 Å². The Morgan fingerprint density at radius 1 is 1.29 bits per heavy atom. The second-order valence-corrected chi connectivity index (χ2v) is 7.81. The van der Waals surface area contributed by atoms with Gasteiger partial charge < -0.3 is 34.5 Å². The number of rotatable bonds is 6. The van der Waals surface area contributed by atoms with Crippen LogP contribution in [0.25, 0.3) is 0 Å². The lowest BCUT2D eigenvalue weighted by Gasteiger charge is -2.54. The first kappa shape index (κ1) is 21.2. The van der Waals surface area contributed by atoms with Crippen LogP contribution in [0, 0.1) is 5.41 Å². The van der Waals surface area contributed by atoms with Crippen LogP contribution in [0.3, 0.4) is 0 Å². The number of carbonyl (C=O) groups excluding carboxylic acids is 1. The molecule has 0 saturated carbocycles. The Kier molecular flexibility index (Phi) is 6.69. The van der Waals surface area contributed by atoms with Gasteiger partial charge in [-0.05, 0) is 12.1 Å². The maximum absolute atomic E-state index is 12.6. The first-order valence-electron chi connectivity index (χ1n) is 9.44. The average molecular weight is 395 g/mol. The molecule has 0 unspecified atom stereocenters. The number of benzene rings is 1. The van der Waals surface area contributed by atoms with Gasteiger partial charge in [-0.2, -0.15) is 0 Å². The van der Waals surface area contributed by atoms with E-state index >= 15 is 0 Å². The molecule has 1 amide bonds. The molecular weight excluding hydrogens is 366 g/mol. The monoisotopic (exact) mass is 395 g/mol. The molecule has 2 heterocycles. The van der Waals surface area contributed by atoms with Crippen molar-refractivity contribution in [2.24, 2.45) is 5.41 Å². The summed E-state index contributed by atoms with van der Waals surface area (Å²) in [5, 5.41) is 22.1. The molecule has 3 N–H and O–H groups in total. The van der Waals surface area contributed by atoms with Crippen molar-refractivity contribution in [1.82, 2.24) is 5.32 Å². The van der Waals surface area contributed by atoms with E-state index in [1.165, 1.54) is 0 Å². The molecule has 0 aliphatic carbocycles. The largest absolute Gasteiger partial charge is 0.394 e. The fourth-order valence-electron chi connectivity index (χ4n) is 3.98. The number of aliphatic hydroxyl groups excluding tert-OH is 2. The highest BCUT2D eigenvalue weighted by Gasteiger charge is 2.56. The van der Waals surface area contributed by atoms with Gasteiger partial charge in [0, 0.05) is 24.5 Å². The van der Waals surface area contributed by atoms with Gasteiger partial charge in [0.1, 0.15) is 19.0 Å². The lowest BCUT2D eigenvalue weighted by molar-refractivity contribution is -0.331. The van der Waals surface area contributed by atoms with Gasteiger partial charge in [-0.1, -0.05) is 32.0 Å². The number of amides is 1. The highest BCUT2D eigenvalue weighted by molar-refractivity contribution is 5.94. The third kappa shape index (κ3) is 4.22. The van der Waals surface area contributed by atoms with Crippen molar-refractivity contribution in [2.45, 2.75) is 57.0 Å². The van der Waals surface area contributed by atoms with Gasteiger partial charge in [0.15, 0.2) is 6.23 Å². The summed E-state index contributed by atoms with van der Waals surface area (Å²) in [5.74, 6) is -0.277. The number of ether oxygens (including phenoxy) is 4. The van der Waals surface area contributed by atoms with Crippen LogP contribution in [0.5, 0.6) is 0 Å². The van der Waals surface area contributed by atoms with E-state index < -0.39 is 36.1 Å². The summed E-state index contributed by atoms with van der Waals surface area (Å²) in [6, 6.07) is 8.85. The van der Waals surface area contributed by atoms with E-state index in [1.54, 1.807) is 31.4 Å². The Labute approximate surface area is 164 Å². The molecule has 2 aliphatic heterocycles. The molecule has 156 valence electrons. The molecular formula is C20H29NO7. The minimum Gasteiger partial charge on any atom is -0.394 e. The number of hydrogen-bond donors (Lipinski definition) is 3. The smallest absolute Gasteiger partial charge is 0.253 e. The lowest BCUT2D eigenvalue weighted by atomic mass is 9.72. The van der Waals surface area contributed by atoms with Crippen LogP contribution in [-0.2, 0) is 18.9 Å². The summed E-state index contributed by atoms with van der Waals surface area (Å²) in [5.41, 5.74) is 0.0260. The van der Waals surface area contributed by atoms with E-state index in [4.69, 9.17) is 18.9 Å². The molecule has 0 aromatic heterocycles. The van der Waals surface area contributed by atoms with Crippen LogP contribution in [0.15, 0.2) is 30.3 Å². The van der Waals surface area contributed by atoms with Crippen molar-refractivity contribution in [3.63, 3.8) is 0 Å². The first-order valence-corrected chi connectivity index (χ1v) is 9.44. The Morgan fingerprint density at radius 2 is 2.00 bits per heavy atom. The zero-order valence-electron chi connectivity index (χ0n) is 16.4. The van der Waals surface area contributed by atoms with Crippen molar-refractivity contribution in [3.05, 3.63) is 35.9 Å². The maximum atomic E-state index is 12.6. The number of fused-ring (bicyclic) bond motifs is 1. The van der Waals surface area contributed by atoms with Crippen molar-refractivity contribution < 1.29 is 34.0 Å². The van der Waals surface area contributed by atoms with Crippen molar-refractivity contribution in [3.8, 4) is 0 Å². The second-order valence-electron chi connectivity index (χ2n) is 7.81. The SMILES string of the molecule is CO[C@@H]1[C@H]2OCO[C@H](NC(=O)c3ccccc3)[C@H]2O[C@H](C[C@H](O)CO)C1(C)C. The van der Waals surface area contributed by atoms with Crippen LogP contribution in [0.2, 0.25) is 0 Å². The summed E-state index contributed by atoms with van der Waals surface area (Å²) in [6.45, 7) is 3.60. The van der Waals surface area contributed by atoms with Crippen LogP contribution in [-0.4, -0.2) is 73.4 Å². The summed E-state index contributed by atoms with van der Waals surface area (Å²) in [4.78, 5) is 12.6. The molecule has 0 bridgehead atoms. The van der Waals surface area contributed by atoms with Crippen LogP contribution in [0.4, 0.5) is 0 Å². The summed E-state index contributed by atoms with van der Waals surface area (Å²) < 4.78 is 23.4. The van der Waals surface area contributed by atoms with Gasteiger partial charge in [-0.25, -0.2) is 0 Å². The lowest BCUT2D eigenvalue weighted by Crippen LogP contribution is -2.68. The molecule has 28 heavy (non-hydrogen) atoms. The Hall–Kier alpha value is -1.55. The number of hydrogen-bond acceptors (Lipinski definition) is 7. The predicted octanol–water partition coefficient (Wildman–Crippen LogP) is 0.667. The topological polar surface area (TPSA) is 106 Å². The number of nitrogens with one attached hydrogen (secondary N) is 1. The van der Waals surface area contributed by atoms with Gasteiger partial charge >= 0.3 is 0 Å². The van der Waals surface area contributed by atoms with Crippen molar-refractivity contribution in [1.29, 1.82) is 0 Å². The normalized spacial score (nSPS) is 33.0. The van der Waals surface area contributed by atoms with Gasteiger partial charge in [0.25, 0.3) is 5.91 Å². The summed E-state index contributed by atoms with van der Waals surface area (Å²) >= 11 is 0. The highest BCUT2D eigenvalue weighted by atomic mass is 16.7. The Morgan fingerprint density at radius 3 is 2.64 bits per heavy atom. The highest BCUT2D eigenvalue weighted by Crippen LogP contribution is 2.43. The Bertz CT molecular complexity index is 653. The number of methoxy groups -OCH3 is 1. The molecule has 2 saturated heterocycles. The first-order chi connectivity index (χ1) is 13.4. The number of aliphatic hydroxyl groups is 2. The average Bonchev–Trinajstić information content (AvgIpc) is 2.69. The minimum atomic E-state index is -0.916. The van der Waals surface area contributed by atoms with Crippen molar-refractivity contribution in [2.75, 3.05) is 20.5 Å². The standard InChI is InChI=1S/C20H29NO7/c1-20(2)14(9-13(23)10-22)28-16-15(17(20)25-3)26-11-27-19(16)21-18(24)12-7-5-4-6-8-12/h4-8,13-17,19,22-23H,9-11H2,1-3H3,(H,21,24)/t13-,14+,15-,16-,17+,19-/m0/s1. The van der Waals surface area contributed by atoms with Crippen LogP contribution < -0.4 is 5.32 Å². The molecule has 0 radical (unpaired) electrons. The maximum Gasteiger partial charge on any atom is 0.253 e. The molecule has 8 nitrogen and oxygen atoms in total. The minimum absolute atomic E-state index is 0.00410. The Balaban J connectivity index is 1.80. The fourth-order valence-corrected chi connectivity index (χ4v) is 3.98. The molecule has 3 rings (SSSR count). The van der Waals surface area contributed by atoms with E-state index in [2.05, 4.69) is 5.32 Å². The third-order valence-electron chi connectivity index (χ3n) is 5.57. The van der Waals surface area contributed by atoms with Gasteiger partial charge in [-0.15, -0.1) is 0 Å². The molecule has 8 heteroatoms. The molecule has 2 aliphatic rings. The van der Waals surface area contributed by atoms with Crippen LogP contribution >= 0.6 is 0 Å². The fraction of sp³-hybridized carbons (Fsp3) is 0.650. The van der Waals surface area contributed by atoms with Crippen LogP contribution in [0.1, 0.15) is 30.6 Å². The molecule has 1 aromatic carbocycles. The molecule has 2 fully saturated rings. The molecule has 6 atom stereocenters. The van der Waals surface area contributed by atoms with Gasteiger partial charge in [0.05, 0.1) is 24.9 Å². The predicted molar refractivity (Wildman–Crippen MR) is 99.5 cm³/mol. The van der Waals surface area contributed by atoms with Crippen molar-refractivity contribution >= 4 is 5.91 Å². The zero-order chi connectivity index (χ0) is 20.3. The van der Waals surface area contributed by atoms with E-state index in [-0.39, 0.29) is 31.8 Å². The molecule has 0 spiro atoms. The van der Waals surface area contributed by atoms with E-state index in [1.807, 2.05) is 19.9 Å². The molecule has 1 aromatic rings.